The first-order chi connectivity index (χ1) is 9.78. The van der Waals surface area contributed by atoms with E-state index in [1.54, 1.807) is 20.0 Å². The van der Waals surface area contributed by atoms with Gasteiger partial charge in [0.25, 0.3) is 0 Å². The summed E-state index contributed by atoms with van der Waals surface area (Å²) < 4.78 is 32.0. The van der Waals surface area contributed by atoms with E-state index in [0.717, 1.165) is 19.5 Å². The van der Waals surface area contributed by atoms with Gasteiger partial charge in [0.2, 0.25) is 10.0 Å². The fourth-order valence-electron chi connectivity index (χ4n) is 2.01. The second-order valence-electron chi connectivity index (χ2n) is 5.40. The Kier molecular flexibility index (Phi) is 6.86. The van der Waals surface area contributed by atoms with E-state index < -0.39 is 10.0 Å². The molecule has 1 aromatic heterocycles. The fraction of sp³-hybridized carbons (Fsp3) is 0.714. The molecule has 0 fully saturated rings. The van der Waals surface area contributed by atoms with Gasteiger partial charge >= 0.3 is 0 Å². The smallest absolute Gasteiger partial charge is 0.246 e. The summed E-state index contributed by atoms with van der Waals surface area (Å²) in [7, 11) is 2.08. The normalized spacial score (nSPS) is 12.5. The first kappa shape index (κ1) is 18.2. The van der Waals surface area contributed by atoms with E-state index in [1.165, 1.54) is 4.31 Å². The van der Waals surface area contributed by atoms with Crippen LogP contribution in [0.4, 0.5) is 0 Å². The zero-order valence-corrected chi connectivity index (χ0v) is 14.5. The van der Waals surface area contributed by atoms with Crippen LogP contribution in [0.5, 0.6) is 0 Å². The van der Waals surface area contributed by atoms with Gasteiger partial charge in [-0.15, -0.1) is 0 Å². The summed E-state index contributed by atoms with van der Waals surface area (Å²) in [5, 5.41) is 3.12. The van der Waals surface area contributed by atoms with Crippen molar-refractivity contribution >= 4 is 10.0 Å². The van der Waals surface area contributed by atoms with Crippen LogP contribution in [0.25, 0.3) is 0 Å². The van der Waals surface area contributed by atoms with E-state index in [4.69, 9.17) is 4.42 Å². The van der Waals surface area contributed by atoms with Crippen LogP contribution in [0.3, 0.4) is 0 Å². The highest BCUT2D eigenvalue weighted by Crippen LogP contribution is 2.23. The average molecular weight is 317 g/mol. The lowest BCUT2D eigenvalue weighted by Crippen LogP contribution is -2.30. The number of nitrogens with one attached hydrogen (secondary N) is 1. The number of sulfonamides is 1. The quantitative estimate of drug-likeness (QED) is 0.743. The van der Waals surface area contributed by atoms with Crippen molar-refractivity contribution in [3.63, 3.8) is 0 Å². The fourth-order valence-corrected chi connectivity index (χ4v) is 3.40. The van der Waals surface area contributed by atoms with Gasteiger partial charge in [-0.25, -0.2) is 12.7 Å². The number of hydrogen-bond donors (Lipinski definition) is 1. The number of nitrogens with zero attached hydrogens (tertiary/aromatic N) is 2. The molecule has 7 heteroatoms. The Morgan fingerprint density at radius 2 is 1.90 bits per heavy atom. The number of rotatable bonds is 9. The van der Waals surface area contributed by atoms with Crippen molar-refractivity contribution in [1.29, 1.82) is 0 Å². The zero-order valence-electron chi connectivity index (χ0n) is 13.6. The summed E-state index contributed by atoms with van der Waals surface area (Å²) in [6, 6.07) is 1.62. The largest absolute Gasteiger partial charge is 0.464 e. The van der Waals surface area contributed by atoms with E-state index in [-0.39, 0.29) is 4.90 Å². The monoisotopic (exact) mass is 317 g/mol. The number of furan rings is 1. The molecule has 1 N–H and O–H groups in total. The molecule has 1 rings (SSSR count). The Labute approximate surface area is 128 Å². The molecule has 0 saturated carbocycles. The highest BCUT2D eigenvalue weighted by molar-refractivity contribution is 7.89. The molecule has 0 aliphatic heterocycles. The predicted molar refractivity (Wildman–Crippen MR) is 83.8 cm³/mol. The molecule has 0 radical (unpaired) electrons. The minimum Gasteiger partial charge on any atom is -0.464 e. The maximum Gasteiger partial charge on any atom is 0.246 e. The zero-order chi connectivity index (χ0) is 16.0. The third-order valence-electron chi connectivity index (χ3n) is 3.24. The first-order valence-electron chi connectivity index (χ1n) is 7.20. The van der Waals surface area contributed by atoms with Crippen molar-refractivity contribution in [3.8, 4) is 0 Å². The summed E-state index contributed by atoms with van der Waals surface area (Å²) in [5.41, 5.74) is 0. The van der Waals surface area contributed by atoms with Crippen LogP contribution in [0.2, 0.25) is 0 Å². The van der Waals surface area contributed by atoms with Crippen molar-refractivity contribution in [3.05, 3.63) is 17.6 Å². The number of hydrogen-bond acceptors (Lipinski definition) is 5. The molecule has 0 aliphatic carbocycles. The SMILES string of the molecule is CCNCc1cc(S(=O)(=O)N(C)CCCN(C)C)c(C)o1. The highest BCUT2D eigenvalue weighted by atomic mass is 32.2. The molecular weight excluding hydrogens is 290 g/mol. The van der Waals surface area contributed by atoms with Crippen molar-refractivity contribution in [2.75, 3.05) is 40.8 Å². The van der Waals surface area contributed by atoms with Crippen molar-refractivity contribution < 1.29 is 12.8 Å². The molecule has 0 aliphatic rings. The molecular formula is C14H27N3O3S. The van der Waals surface area contributed by atoms with Gasteiger partial charge in [0.05, 0.1) is 6.54 Å². The number of aryl methyl sites for hydroxylation is 1. The average Bonchev–Trinajstić information content (AvgIpc) is 2.77. The molecule has 0 saturated heterocycles. The van der Waals surface area contributed by atoms with E-state index in [2.05, 4.69) is 5.32 Å². The van der Waals surface area contributed by atoms with Gasteiger partial charge < -0.3 is 14.6 Å². The predicted octanol–water partition coefficient (Wildman–Crippen LogP) is 1.27. The van der Waals surface area contributed by atoms with Crippen molar-refractivity contribution in [2.24, 2.45) is 0 Å². The molecule has 0 spiro atoms. The van der Waals surface area contributed by atoms with E-state index in [9.17, 15) is 8.42 Å². The Morgan fingerprint density at radius 3 is 2.48 bits per heavy atom. The third-order valence-corrected chi connectivity index (χ3v) is 5.20. The summed E-state index contributed by atoms with van der Waals surface area (Å²) >= 11 is 0. The molecule has 6 nitrogen and oxygen atoms in total. The lowest BCUT2D eigenvalue weighted by atomic mass is 10.4. The molecule has 0 aromatic carbocycles. The molecule has 0 atom stereocenters. The van der Waals surface area contributed by atoms with Crippen molar-refractivity contribution in [1.82, 2.24) is 14.5 Å². The van der Waals surface area contributed by atoms with Crippen molar-refractivity contribution in [2.45, 2.75) is 31.7 Å². The Hall–Kier alpha value is -0.890. The molecule has 0 bridgehead atoms. The second-order valence-corrected chi connectivity index (χ2v) is 7.41. The maximum absolute atomic E-state index is 12.5. The van der Waals surface area contributed by atoms with Crippen LogP contribution in [0.1, 0.15) is 24.9 Å². The summed E-state index contributed by atoms with van der Waals surface area (Å²) in [6.07, 6.45) is 0.796. The second kappa shape index (κ2) is 7.93. The van der Waals surface area contributed by atoms with Gasteiger partial charge in [0, 0.05) is 19.7 Å². The van der Waals surface area contributed by atoms with E-state index >= 15 is 0 Å². The van der Waals surface area contributed by atoms with Crippen LogP contribution in [0.15, 0.2) is 15.4 Å². The summed E-state index contributed by atoms with van der Waals surface area (Å²) in [6.45, 7) is 6.38. The van der Waals surface area contributed by atoms with Crippen LogP contribution in [0, 0.1) is 6.92 Å². The molecule has 0 unspecified atom stereocenters. The maximum atomic E-state index is 12.5. The summed E-state index contributed by atoms with van der Waals surface area (Å²) in [4.78, 5) is 2.31. The van der Waals surface area contributed by atoms with E-state index in [0.29, 0.717) is 24.6 Å². The molecule has 1 heterocycles. The molecule has 0 amide bonds. The van der Waals surface area contributed by atoms with Crippen LogP contribution in [-0.4, -0.2) is 58.4 Å². The van der Waals surface area contributed by atoms with Crippen LogP contribution in [-0.2, 0) is 16.6 Å². The van der Waals surface area contributed by atoms with E-state index in [1.807, 2.05) is 25.9 Å². The Balaban J connectivity index is 2.79. The minimum atomic E-state index is -3.48. The molecule has 21 heavy (non-hydrogen) atoms. The first-order valence-corrected chi connectivity index (χ1v) is 8.64. The lowest BCUT2D eigenvalue weighted by molar-refractivity contribution is 0.370. The van der Waals surface area contributed by atoms with Gasteiger partial charge in [-0.05, 0) is 40.5 Å². The third kappa shape index (κ3) is 5.10. The van der Waals surface area contributed by atoms with Gasteiger partial charge in [0.15, 0.2) is 0 Å². The highest BCUT2D eigenvalue weighted by Gasteiger charge is 2.25. The van der Waals surface area contributed by atoms with Crippen LogP contribution < -0.4 is 5.32 Å². The lowest BCUT2D eigenvalue weighted by Gasteiger charge is -2.17. The Bertz CT molecular complexity index is 538. The van der Waals surface area contributed by atoms with Gasteiger partial charge in [-0.2, -0.15) is 0 Å². The molecule has 1 aromatic rings. The minimum absolute atomic E-state index is 0.266. The van der Waals surface area contributed by atoms with Gasteiger partial charge in [-0.3, -0.25) is 0 Å². The standard InChI is InChI=1S/C14H27N3O3S/c1-6-15-11-13-10-14(12(2)20-13)21(18,19)17(5)9-7-8-16(3)4/h10,15H,6-9,11H2,1-5H3. The molecule has 122 valence electrons. The van der Waals surface area contributed by atoms with Gasteiger partial charge in [-0.1, -0.05) is 6.92 Å². The topological polar surface area (TPSA) is 65.8 Å². The summed E-state index contributed by atoms with van der Waals surface area (Å²) in [5.74, 6) is 1.09. The van der Waals surface area contributed by atoms with Gasteiger partial charge in [0.1, 0.15) is 16.4 Å². The Morgan fingerprint density at radius 1 is 1.24 bits per heavy atom. The van der Waals surface area contributed by atoms with Crippen LogP contribution >= 0.6 is 0 Å².